The summed E-state index contributed by atoms with van der Waals surface area (Å²) < 4.78 is 10.8. The van der Waals surface area contributed by atoms with Gasteiger partial charge >= 0.3 is 6.01 Å². The van der Waals surface area contributed by atoms with Gasteiger partial charge in [0.25, 0.3) is 5.91 Å². The van der Waals surface area contributed by atoms with E-state index in [0.717, 1.165) is 10.5 Å². The van der Waals surface area contributed by atoms with E-state index in [1.54, 1.807) is 23.9 Å². The summed E-state index contributed by atoms with van der Waals surface area (Å²) in [6.45, 7) is -0.263. The number of carbonyl (C=O) groups excluding carboxylic acids is 1. The Hall–Kier alpha value is -2.22. The third-order valence-corrected chi connectivity index (χ3v) is 4.50. The Labute approximate surface area is 163 Å². The highest BCUT2D eigenvalue weighted by Crippen LogP contribution is 2.27. The summed E-state index contributed by atoms with van der Waals surface area (Å²) in [5.74, 6) is 0.216. The number of benzene rings is 2. The molecular weight excluding hydrogens is 397 g/mol. The molecule has 2 aromatic carbocycles. The van der Waals surface area contributed by atoms with Gasteiger partial charge in [-0.2, -0.15) is 0 Å². The molecule has 0 bridgehead atoms. The van der Waals surface area contributed by atoms with Crippen LogP contribution in [0.1, 0.15) is 0 Å². The molecule has 1 amide bonds. The van der Waals surface area contributed by atoms with Gasteiger partial charge in [0.1, 0.15) is 5.75 Å². The van der Waals surface area contributed by atoms with Crippen LogP contribution in [0.5, 0.6) is 5.75 Å². The largest absolute Gasteiger partial charge is 0.482 e. The molecule has 1 heterocycles. The molecule has 0 fully saturated rings. The second kappa shape index (κ2) is 8.44. The quantitative estimate of drug-likeness (QED) is 0.590. The van der Waals surface area contributed by atoms with Crippen LogP contribution in [0, 0.1) is 0 Å². The van der Waals surface area contributed by atoms with Crippen molar-refractivity contribution in [1.29, 1.82) is 0 Å². The Morgan fingerprint density at radius 2 is 2.08 bits per heavy atom. The molecule has 26 heavy (non-hydrogen) atoms. The molecule has 3 aromatic rings. The zero-order valence-corrected chi connectivity index (χ0v) is 15.9. The second-order valence-electron chi connectivity index (χ2n) is 5.06. The van der Waals surface area contributed by atoms with Crippen molar-refractivity contribution in [3.63, 3.8) is 0 Å². The van der Waals surface area contributed by atoms with Gasteiger partial charge in [-0.25, -0.2) is 0 Å². The van der Waals surface area contributed by atoms with Gasteiger partial charge in [-0.3, -0.25) is 10.1 Å². The van der Waals surface area contributed by atoms with E-state index in [4.69, 9.17) is 32.4 Å². The van der Waals surface area contributed by atoms with Crippen molar-refractivity contribution in [2.45, 2.75) is 4.90 Å². The molecule has 0 aliphatic heterocycles. The van der Waals surface area contributed by atoms with Crippen molar-refractivity contribution in [3.05, 3.63) is 52.5 Å². The summed E-state index contributed by atoms with van der Waals surface area (Å²) >= 11 is 13.4. The minimum atomic E-state index is -0.455. The number of thioether (sulfide) groups is 1. The molecule has 9 heteroatoms. The maximum absolute atomic E-state index is 12.0. The summed E-state index contributed by atoms with van der Waals surface area (Å²) in [6.07, 6.45) is 1.98. The number of amides is 1. The van der Waals surface area contributed by atoms with Crippen LogP contribution in [0.3, 0.4) is 0 Å². The summed E-state index contributed by atoms with van der Waals surface area (Å²) in [4.78, 5) is 13.0. The van der Waals surface area contributed by atoms with Crippen LogP contribution < -0.4 is 10.1 Å². The fourth-order valence-electron chi connectivity index (χ4n) is 2.04. The van der Waals surface area contributed by atoms with Gasteiger partial charge in [0.2, 0.25) is 5.89 Å². The first kappa shape index (κ1) is 18.6. The molecule has 6 nitrogen and oxygen atoms in total. The molecule has 1 aromatic heterocycles. The van der Waals surface area contributed by atoms with Crippen LogP contribution in [0.4, 0.5) is 6.01 Å². The predicted octanol–water partition coefficient (Wildman–Crippen LogP) is 4.78. The van der Waals surface area contributed by atoms with Crippen LogP contribution in [0.2, 0.25) is 10.0 Å². The molecule has 0 unspecified atom stereocenters. The number of ether oxygens (including phenoxy) is 1. The lowest BCUT2D eigenvalue weighted by atomic mass is 10.2. The Morgan fingerprint density at radius 1 is 1.23 bits per heavy atom. The smallest absolute Gasteiger partial charge is 0.322 e. The van der Waals surface area contributed by atoms with Crippen molar-refractivity contribution in [1.82, 2.24) is 10.2 Å². The Bertz CT molecular complexity index is 933. The molecule has 3 rings (SSSR count). The van der Waals surface area contributed by atoms with E-state index < -0.39 is 5.91 Å². The van der Waals surface area contributed by atoms with Crippen molar-refractivity contribution in [3.8, 4) is 17.2 Å². The summed E-state index contributed by atoms with van der Waals surface area (Å²) in [7, 11) is 0. The number of nitrogens with zero attached hydrogens (tertiary/aromatic N) is 2. The topological polar surface area (TPSA) is 77.2 Å². The molecule has 134 valence electrons. The van der Waals surface area contributed by atoms with E-state index in [9.17, 15) is 4.79 Å². The van der Waals surface area contributed by atoms with Crippen LogP contribution in [0.25, 0.3) is 11.5 Å². The van der Waals surface area contributed by atoms with E-state index in [0.29, 0.717) is 21.7 Å². The van der Waals surface area contributed by atoms with E-state index in [-0.39, 0.29) is 12.6 Å². The van der Waals surface area contributed by atoms with Crippen LogP contribution in [-0.2, 0) is 4.79 Å². The number of hydrogen-bond donors (Lipinski definition) is 1. The number of halogens is 2. The monoisotopic (exact) mass is 409 g/mol. The Balaban J connectivity index is 1.60. The number of hydrogen-bond acceptors (Lipinski definition) is 6. The average molecular weight is 410 g/mol. The van der Waals surface area contributed by atoms with Gasteiger partial charge in [0, 0.05) is 15.5 Å². The SMILES string of the molecule is CSc1cccc(-c2nnc(NC(=O)COc3ccc(Cl)cc3Cl)o2)c1. The molecule has 0 saturated heterocycles. The summed E-state index contributed by atoms with van der Waals surface area (Å²) in [5.41, 5.74) is 0.772. The third kappa shape index (κ3) is 4.69. The molecular formula is C17H13Cl2N3O3S. The molecule has 0 spiro atoms. The van der Waals surface area contributed by atoms with Gasteiger partial charge in [-0.1, -0.05) is 34.4 Å². The average Bonchev–Trinajstić information content (AvgIpc) is 3.09. The van der Waals surface area contributed by atoms with Crippen LogP contribution >= 0.6 is 35.0 Å². The Kier molecular flexibility index (Phi) is 6.03. The highest BCUT2D eigenvalue weighted by Gasteiger charge is 2.13. The molecule has 0 radical (unpaired) electrons. The highest BCUT2D eigenvalue weighted by molar-refractivity contribution is 7.98. The fraction of sp³-hybridized carbons (Fsp3) is 0.118. The van der Waals surface area contributed by atoms with E-state index in [2.05, 4.69) is 15.5 Å². The molecule has 0 aliphatic carbocycles. The van der Waals surface area contributed by atoms with Crippen molar-refractivity contribution < 1.29 is 13.9 Å². The second-order valence-corrected chi connectivity index (χ2v) is 6.78. The van der Waals surface area contributed by atoms with E-state index >= 15 is 0 Å². The normalized spacial score (nSPS) is 10.6. The van der Waals surface area contributed by atoms with E-state index in [1.807, 2.05) is 30.5 Å². The lowest BCUT2D eigenvalue weighted by Crippen LogP contribution is -2.20. The van der Waals surface area contributed by atoms with Gasteiger partial charge in [-0.05, 0) is 42.7 Å². The number of carbonyl (C=O) groups is 1. The lowest BCUT2D eigenvalue weighted by molar-refractivity contribution is -0.118. The zero-order valence-electron chi connectivity index (χ0n) is 13.5. The Morgan fingerprint density at radius 3 is 2.85 bits per heavy atom. The number of anilines is 1. The number of nitrogens with one attached hydrogen (secondary N) is 1. The standard InChI is InChI=1S/C17H13Cl2N3O3S/c1-26-12-4-2-3-10(7-12)16-21-22-17(25-16)20-15(23)9-24-14-6-5-11(18)8-13(14)19/h2-8H,9H2,1H3,(H,20,22,23). The maximum Gasteiger partial charge on any atom is 0.322 e. The fourth-order valence-corrected chi connectivity index (χ4v) is 2.96. The minimum absolute atomic E-state index is 0.00893. The van der Waals surface area contributed by atoms with Crippen LogP contribution in [0.15, 0.2) is 51.8 Å². The maximum atomic E-state index is 12.0. The minimum Gasteiger partial charge on any atom is -0.482 e. The van der Waals surface area contributed by atoms with Crippen molar-refractivity contribution in [2.24, 2.45) is 0 Å². The first-order valence-electron chi connectivity index (χ1n) is 7.41. The predicted molar refractivity (Wildman–Crippen MR) is 102 cm³/mol. The van der Waals surface area contributed by atoms with Crippen molar-refractivity contribution in [2.75, 3.05) is 18.2 Å². The molecule has 1 N–H and O–H groups in total. The van der Waals surface area contributed by atoms with Gasteiger partial charge in [0.05, 0.1) is 5.02 Å². The number of rotatable bonds is 6. The molecule has 0 aliphatic rings. The zero-order chi connectivity index (χ0) is 18.5. The number of aromatic nitrogens is 2. The third-order valence-electron chi connectivity index (χ3n) is 3.24. The van der Waals surface area contributed by atoms with Crippen LogP contribution in [-0.4, -0.2) is 29.0 Å². The van der Waals surface area contributed by atoms with Crippen molar-refractivity contribution >= 4 is 46.9 Å². The molecule has 0 atom stereocenters. The van der Waals surface area contributed by atoms with Gasteiger partial charge in [-0.15, -0.1) is 16.9 Å². The first-order valence-corrected chi connectivity index (χ1v) is 9.39. The van der Waals surface area contributed by atoms with Gasteiger partial charge < -0.3 is 9.15 Å². The highest BCUT2D eigenvalue weighted by atomic mass is 35.5. The molecule has 0 saturated carbocycles. The van der Waals surface area contributed by atoms with Gasteiger partial charge in [0.15, 0.2) is 6.61 Å². The summed E-state index contributed by atoms with van der Waals surface area (Å²) in [6, 6.07) is 12.4. The first-order chi connectivity index (χ1) is 12.5. The van der Waals surface area contributed by atoms with E-state index in [1.165, 1.54) is 6.07 Å². The lowest BCUT2D eigenvalue weighted by Gasteiger charge is -2.07. The summed E-state index contributed by atoms with van der Waals surface area (Å²) in [5, 5.41) is 11.0.